The molecule has 0 heterocycles. The largest absolute Gasteiger partial charge is 0.506 e. The number of phenols is 1. The number of carbonyl (C=O) groups is 1. The molecular weight excluding hydrogens is 488 g/mol. The number of benzene rings is 5. The van der Waals surface area contributed by atoms with Crippen LogP contribution in [0.5, 0.6) is 28.7 Å². The maximum Gasteiger partial charge on any atom is 0.343 e. The minimum atomic E-state index is -1.34. The van der Waals surface area contributed by atoms with E-state index < -0.39 is 11.7 Å². The third-order valence-electron chi connectivity index (χ3n) is 6.08. The van der Waals surface area contributed by atoms with E-state index in [1.54, 1.807) is 31.2 Å². The number of aromatic carboxylic acids is 1. The first-order chi connectivity index (χ1) is 19.0. The second-order valence-corrected chi connectivity index (χ2v) is 8.71. The monoisotopic (exact) mass is 512 g/mol. The molecule has 2 N–H and O–H groups in total. The average molecular weight is 513 g/mol. The van der Waals surface area contributed by atoms with Crippen molar-refractivity contribution in [1.29, 1.82) is 0 Å². The molecule has 39 heavy (non-hydrogen) atoms. The Morgan fingerprint density at radius 2 is 1.15 bits per heavy atom. The van der Waals surface area contributed by atoms with Crippen LogP contribution in [0, 0.1) is 18.8 Å². The minimum Gasteiger partial charge on any atom is -0.506 e. The molecule has 190 valence electrons. The van der Waals surface area contributed by atoms with E-state index in [4.69, 9.17) is 9.47 Å². The van der Waals surface area contributed by atoms with Crippen LogP contribution >= 0.6 is 0 Å². The summed E-state index contributed by atoms with van der Waals surface area (Å²) in [4.78, 5) is 12.3. The van der Waals surface area contributed by atoms with Gasteiger partial charge in [0.15, 0.2) is 11.5 Å². The number of ether oxygens (including phenoxy) is 2. The van der Waals surface area contributed by atoms with Crippen molar-refractivity contribution in [3.8, 4) is 51.7 Å². The maximum atomic E-state index is 12.3. The van der Waals surface area contributed by atoms with Crippen molar-refractivity contribution in [1.82, 2.24) is 0 Å². The molecule has 5 rings (SSSR count). The van der Waals surface area contributed by atoms with Gasteiger partial charge in [-0.15, -0.1) is 0 Å². The number of hydrogen-bond acceptors (Lipinski definition) is 4. The Bertz CT molecular complexity index is 1670. The van der Waals surface area contributed by atoms with Gasteiger partial charge in [0.25, 0.3) is 0 Å². The molecular formula is C34H24O5. The van der Waals surface area contributed by atoms with Crippen molar-refractivity contribution in [2.75, 3.05) is 0 Å². The smallest absolute Gasteiger partial charge is 0.343 e. The van der Waals surface area contributed by atoms with Crippen LogP contribution in [0.4, 0.5) is 0 Å². The molecule has 0 bridgehead atoms. The molecule has 0 unspecified atom stereocenters. The quantitative estimate of drug-likeness (QED) is 0.225. The third-order valence-corrected chi connectivity index (χ3v) is 6.08. The topological polar surface area (TPSA) is 76.0 Å². The Kier molecular flexibility index (Phi) is 7.29. The van der Waals surface area contributed by atoms with Gasteiger partial charge >= 0.3 is 5.97 Å². The summed E-state index contributed by atoms with van der Waals surface area (Å²) in [5.41, 5.74) is 2.86. The van der Waals surface area contributed by atoms with E-state index in [1.807, 2.05) is 91.0 Å². The van der Waals surface area contributed by atoms with Gasteiger partial charge in [-0.3, -0.25) is 0 Å². The molecule has 0 aliphatic rings. The lowest BCUT2D eigenvalue weighted by Gasteiger charge is -2.19. The van der Waals surface area contributed by atoms with E-state index in [1.165, 1.54) is 0 Å². The Balaban J connectivity index is 1.66. The molecule has 5 heteroatoms. The minimum absolute atomic E-state index is 0.101. The van der Waals surface area contributed by atoms with Gasteiger partial charge in [-0.1, -0.05) is 90.7 Å². The molecule has 0 saturated heterocycles. The van der Waals surface area contributed by atoms with Crippen molar-refractivity contribution in [3.63, 3.8) is 0 Å². The molecule has 0 aromatic heterocycles. The van der Waals surface area contributed by atoms with E-state index in [2.05, 4.69) is 11.8 Å². The fourth-order valence-corrected chi connectivity index (χ4v) is 4.09. The van der Waals surface area contributed by atoms with Crippen molar-refractivity contribution < 1.29 is 24.5 Å². The SMILES string of the molecule is Cc1c(O)c(C(=O)O)c(Oc2ccccc2)c(C#Cc2ccccc2)c1Oc1ccc(-c2ccccc2)cc1. The highest BCUT2D eigenvalue weighted by atomic mass is 16.5. The lowest BCUT2D eigenvalue weighted by molar-refractivity contribution is 0.0690. The van der Waals surface area contributed by atoms with Crippen LogP contribution in [0.1, 0.15) is 27.0 Å². The Hall–Kier alpha value is -5.47. The van der Waals surface area contributed by atoms with Crippen LogP contribution < -0.4 is 9.47 Å². The summed E-state index contributed by atoms with van der Waals surface area (Å²) in [5, 5.41) is 21.0. The molecule has 0 aliphatic heterocycles. The summed E-state index contributed by atoms with van der Waals surface area (Å²) in [6.07, 6.45) is 0. The summed E-state index contributed by atoms with van der Waals surface area (Å²) in [6, 6.07) is 35.5. The number of rotatable bonds is 6. The summed E-state index contributed by atoms with van der Waals surface area (Å²) in [7, 11) is 0. The zero-order chi connectivity index (χ0) is 27.2. The first-order valence-electron chi connectivity index (χ1n) is 12.3. The predicted octanol–water partition coefficient (Wildman–Crippen LogP) is 8.05. The summed E-state index contributed by atoms with van der Waals surface area (Å²) < 4.78 is 12.3. The number of hydrogen-bond donors (Lipinski definition) is 2. The predicted molar refractivity (Wildman–Crippen MR) is 151 cm³/mol. The zero-order valence-electron chi connectivity index (χ0n) is 21.1. The van der Waals surface area contributed by atoms with Gasteiger partial charge in [-0.05, 0) is 54.4 Å². The summed E-state index contributed by atoms with van der Waals surface area (Å²) >= 11 is 0. The van der Waals surface area contributed by atoms with Gasteiger partial charge in [0.1, 0.15) is 28.4 Å². The first-order valence-corrected chi connectivity index (χ1v) is 12.3. The van der Waals surface area contributed by atoms with Crippen LogP contribution in [0.3, 0.4) is 0 Å². The molecule has 0 radical (unpaired) electrons. The van der Waals surface area contributed by atoms with Gasteiger partial charge < -0.3 is 19.7 Å². The van der Waals surface area contributed by atoms with Gasteiger partial charge in [-0.2, -0.15) is 0 Å². The number of carboxylic acid groups (broad SMARTS) is 1. The molecule has 0 saturated carbocycles. The summed E-state index contributed by atoms with van der Waals surface area (Å²) in [5.74, 6) is 5.34. The average Bonchev–Trinajstić information content (AvgIpc) is 2.97. The number of para-hydroxylation sites is 1. The first kappa shape index (κ1) is 25.2. The van der Waals surface area contributed by atoms with Crippen LogP contribution in [-0.4, -0.2) is 16.2 Å². The Labute approximate surface area is 226 Å². The number of carboxylic acids is 1. The second kappa shape index (κ2) is 11.3. The van der Waals surface area contributed by atoms with E-state index in [0.29, 0.717) is 11.5 Å². The highest BCUT2D eigenvalue weighted by molar-refractivity contribution is 5.97. The van der Waals surface area contributed by atoms with E-state index >= 15 is 0 Å². The highest BCUT2D eigenvalue weighted by Crippen LogP contribution is 2.45. The van der Waals surface area contributed by atoms with Gasteiger partial charge in [0.2, 0.25) is 0 Å². The van der Waals surface area contributed by atoms with Crippen molar-refractivity contribution in [3.05, 3.63) is 138 Å². The van der Waals surface area contributed by atoms with Crippen LogP contribution in [0.2, 0.25) is 0 Å². The summed E-state index contributed by atoms with van der Waals surface area (Å²) in [6.45, 7) is 1.59. The van der Waals surface area contributed by atoms with Gasteiger partial charge in [-0.25, -0.2) is 4.79 Å². The molecule has 0 aliphatic carbocycles. The lowest BCUT2D eigenvalue weighted by Crippen LogP contribution is -2.06. The third kappa shape index (κ3) is 5.61. The normalized spacial score (nSPS) is 10.3. The molecule has 5 aromatic rings. The van der Waals surface area contributed by atoms with Gasteiger partial charge in [0.05, 0.1) is 0 Å². The fourth-order valence-electron chi connectivity index (χ4n) is 4.09. The molecule has 0 atom stereocenters. The van der Waals surface area contributed by atoms with Crippen molar-refractivity contribution in [2.24, 2.45) is 0 Å². The maximum absolute atomic E-state index is 12.3. The van der Waals surface area contributed by atoms with E-state index in [9.17, 15) is 15.0 Å². The van der Waals surface area contributed by atoms with E-state index in [-0.39, 0.29) is 28.2 Å². The zero-order valence-corrected chi connectivity index (χ0v) is 21.1. The van der Waals surface area contributed by atoms with Gasteiger partial charge in [0, 0.05) is 11.1 Å². The van der Waals surface area contributed by atoms with Crippen LogP contribution in [0.15, 0.2) is 115 Å². The standard InChI is InChI=1S/C34H24O5/c1-23-31(35)30(34(36)37)33(39-27-15-9-4-10-16-27)29(22-17-24-11-5-2-6-12-24)32(23)38-28-20-18-26(19-21-28)25-13-7-3-8-14-25/h2-16,18-21,35H,1H3,(H,36,37). The molecule has 5 nitrogen and oxygen atoms in total. The van der Waals surface area contributed by atoms with Crippen molar-refractivity contribution in [2.45, 2.75) is 6.92 Å². The molecule has 5 aromatic carbocycles. The molecule has 0 spiro atoms. The van der Waals surface area contributed by atoms with Crippen LogP contribution in [-0.2, 0) is 0 Å². The van der Waals surface area contributed by atoms with Crippen molar-refractivity contribution >= 4 is 5.97 Å². The second-order valence-electron chi connectivity index (χ2n) is 8.71. The van der Waals surface area contributed by atoms with E-state index in [0.717, 1.165) is 16.7 Å². The fraction of sp³-hybridized carbons (Fsp3) is 0.0294. The highest BCUT2D eigenvalue weighted by Gasteiger charge is 2.28. The van der Waals surface area contributed by atoms with Crippen LogP contribution in [0.25, 0.3) is 11.1 Å². The lowest BCUT2D eigenvalue weighted by atomic mass is 10.00. The Morgan fingerprint density at radius 3 is 1.77 bits per heavy atom. The molecule has 0 fully saturated rings. The Morgan fingerprint density at radius 1 is 0.641 bits per heavy atom. The number of aromatic hydroxyl groups is 1. The molecule has 0 amide bonds.